The monoisotopic (exact) mass is 256 g/mol. The molecule has 0 radical (unpaired) electrons. The van der Waals surface area contributed by atoms with Gasteiger partial charge in [-0.15, -0.1) is 0 Å². The van der Waals surface area contributed by atoms with E-state index in [2.05, 4.69) is 0 Å². The molecule has 0 saturated carbocycles. The molecular weight excluding hydrogens is 232 g/mol. The molecule has 1 amide bonds. The van der Waals surface area contributed by atoms with Crippen molar-refractivity contribution in [3.05, 3.63) is 0 Å². The van der Waals surface area contributed by atoms with Crippen molar-refractivity contribution in [3.8, 4) is 0 Å². The summed E-state index contributed by atoms with van der Waals surface area (Å²) >= 11 is 0. The quantitative estimate of drug-likeness (QED) is 0.799. The molecule has 5 heteroatoms. The van der Waals surface area contributed by atoms with Crippen molar-refractivity contribution in [2.45, 2.75) is 50.9 Å². The average molecular weight is 256 g/mol. The van der Waals surface area contributed by atoms with E-state index >= 15 is 0 Å². The van der Waals surface area contributed by atoms with Gasteiger partial charge in [-0.05, 0) is 26.2 Å². The zero-order chi connectivity index (χ0) is 13.0. The average Bonchev–Trinajstić information content (AvgIpc) is 2.39. The first-order chi connectivity index (χ1) is 8.69. The minimum atomic E-state index is -0.0232. The molecule has 2 aliphatic rings. The summed E-state index contributed by atoms with van der Waals surface area (Å²) in [5.41, 5.74) is 5.62. The Morgan fingerprint density at radius 2 is 2.17 bits per heavy atom. The Hall–Kier alpha value is -0.650. The number of carbonyl (C=O) groups excluding carboxylic acids is 1. The zero-order valence-electron chi connectivity index (χ0n) is 11.1. The van der Waals surface area contributed by atoms with Crippen LogP contribution in [0, 0.1) is 0 Å². The highest BCUT2D eigenvalue weighted by atomic mass is 16.5. The van der Waals surface area contributed by atoms with Crippen molar-refractivity contribution in [1.29, 1.82) is 0 Å². The van der Waals surface area contributed by atoms with Gasteiger partial charge in [0.25, 0.3) is 0 Å². The Labute approximate surface area is 109 Å². The van der Waals surface area contributed by atoms with Crippen LogP contribution in [0.15, 0.2) is 0 Å². The number of carbonyl (C=O) groups is 1. The molecule has 3 unspecified atom stereocenters. The van der Waals surface area contributed by atoms with Crippen molar-refractivity contribution < 1.29 is 14.3 Å². The molecule has 2 rings (SSSR count). The van der Waals surface area contributed by atoms with Crippen LogP contribution in [0.25, 0.3) is 0 Å². The number of hydrogen-bond donors (Lipinski definition) is 1. The highest BCUT2D eigenvalue weighted by Crippen LogP contribution is 2.18. The smallest absolute Gasteiger partial charge is 0.225 e. The van der Waals surface area contributed by atoms with Gasteiger partial charge in [0.2, 0.25) is 5.91 Å². The normalized spacial score (nSPS) is 33.4. The van der Waals surface area contributed by atoms with Gasteiger partial charge in [0.1, 0.15) is 0 Å². The van der Waals surface area contributed by atoms with Gasteiger partial charge in [-0.25, -0.2) is 0 Å². The van der Waals surface area contributed by atoms with Gasteiger partial charge >= 0.3 is 0 Å². The number of rotatable bonds is 3. The number of nitrogens with two attached hydrogens (primary N) is 1. The van der Waals surface area contributed by atoms with Crippen LogP contribution in [0.2, 0.25) is 0 Å². The summed E-state index contributed by atoms with van der Waals surface area (Å²) in [7, 11) is 0. The van der Waals surface area contributed by atoms with Crippen molar-refractivity contribution >= 4 is 5.91 Å². The molecule has 0 aromatic heterocycles. The van der Waals surface area contributed by atoms with Gasteiger partial charge < -0.3 is 20.1 Å². The van der Waals surface area contributed by atoms with E-state index in [1.165, 1.54) is 6.42 Å². The fourth-order valence-corrected chi connectivity index (χ4v) is 2.67. The second-order valence-electron chi connectivity index (χ2n) is 5.30. The highest BCUT2D eigenvalue weighted by Gasteiger charge is 2.29. The molecule has 2 fully saturated rings. The minimum Gasteiger partial charge on any atom is -0.378 e. The van der Waals surface area contributed by atoms with E-state index < -0.39 is 0 Å². The van der Waals surface area contributed by atoms with E-state index in [0.29, 0.717) is 26.1 Å². The van der Waals surface area contributed by atoms with E-state index in [4.69, 9.17) is 15.2 Å². The van der Waals surface area contributed by atoms with Crippen LogP contribution < -0.4 is 5.73 Å². The van der Waals surface area contributed by atoms with Crippen LogP contribution in [0.3, 0.4) is 0 Å². The van der Waals surface area contributed by atoms with Crippen LogP contribution >= 0.6 is 0 Å². The number of amides is 1. The summed E-state index contributed by atoms with van der Waals surface area (Å²) < 4.78 is 11.3. The second-order valence-corrected chi connectivity index (χ2v) is 5.30. The van der Waals surface area contributed by atoms with Crippen molar-refractivity contribution in [2.75, 3.05) is 26.2 Å². The highest BCUT2D eigenvalue weighted by molar-refractivity contribution is 5.76. The maximum Gasteiger partial charge on any atom is 0.225 e. The third-order valence-corrected chi connectivity index (χ3v) is 3.62. The third-order valence-electron chi connectivity index (χ3n) is 3.62. The first-order valence-corrected chi connectivity index (χ1v) is 6.94. The van der Waals surface area contributed by atoms with E-state index in [-0.39, 0.29) is 24.2 Å². The molecule has 0 aliphatic carbocycles. The minimum absolute atomic E-state index is 0.0232. The molecular formula is C13H24N2O3. The topological polar surface area (TPSA) is 64.8 Å². The number of nitrogens with zero attached hydrogens (tertiary/aromatic N) is 1. The molecule has 2 aliphatic heterocycles. The van der Waals surface area contributed by atoms with E-state index in [1.807, 2.05) is 11.8 Å². The van der Waals surface area contributed by atoms with E-state index in [1.54, 1.807) is 0 Å². The lowest BCUT2D eigenvalue weighted by molar-refractivity contribution is -0.147. The number of ether oxygens (including phenoxy) is 2. The Kier molecular flexibility index (Phi) is 4.97. The van der Waals surface area contributed by atoms with E-state index in [9.17, 15) is 4.79 Å². The predicted octanol–water partition coefficient (Wildman–Crippen LogP) is 0.520. The van der Waals surface area contributed by atoms with Crippen LogP contribution in [0.4, 0.5) is 0 Å². The standard InChI is InChI=1S/C13H24N2O3/c1-10-8-15(9-12(7-14)18-10)13(16)6-11-4-2-3-5-17-11/h10-12H,2-9,14H2,1H3. The fourth-order valence-electron chi connectivity index (χ4n) is 2.67. The molecule has 0 bridgehead atoms. The molecule has 0 aromatic rings. The van der Waals surface area contributed by atoms with Crippen LogP contribution in [0.1, 0.15) is 32.6 Å². The molecule has 3 atom stereocenters. The predicted molar refractivity (Wildman–Crippen MR) is 68.2 cm³/mol. The summed E-state index contributed by atoms with van der Waals surface area (Å²) in [5.74, 6) is 0.176. The lowest BCUT2D eigenvalue weighted by Gasteiger charge is -2.37. The summed E-state index contributed by atoms with van der Waals surface area (Å²) in [4.78, 5) is 14.1. The molecule has 5 nitrogen and oxygen atoms in total. The maximum absolute atomic E-state index is 12.2. The van der Waals surface area contributed by atoms with Gasteiger partial charge in [-0.1, -0.05) is 0 Å². The first-order valence-electron chi connectivity index (χ1n) is 6.94. The Morgan fingerprint density at radius 1 is 1.33 bits per heavy atom. The van der Waals surface area contributed by atoms with Crippen molar-refractivity contribution in [2.24, 2.45) is 5.73 Å². The van der Waals surface area contributed by atoms with Gasteiger partial charge in [0, 0.05) is 26.2 Å². The maximum atomic E-state index is 12.2. The van der Waals surface area contributed by atoms with Gasteiger partial charge in [-0.3, -0.25) is 4.79 Å². The Morgan fingerprint density at radius 3 is 2.83 bits per heavy atom. The van der Waals surface area contributed by atoms with Crippen LogP contribution in [-0.2, 0) is 14.3 Å². The lowest BCUT2D eigenvalue weighted by atomic mass is 10.1. The number of morpholine rings is 1. The molecule has 2 N–H and O–H groups in total. The van der Waals surface area contributed by atoms with Gasteiger partial charge in [-0.2, -0.15) is 0 Å². The SMILES string of the molecule is CC1CN(C(=O)CC2CCCCO2)CC(CN)O1. The van der Waals surface area contributed by atoms with Crippen LogP contribution in [0.5, 0.6) is 0 Å². The lowest BCUT2D eigenvalue weighted by Crippen LogP contribution is -2.52. The molecule has 2 heterocycles. The molecule has 104 valence electrons. The molecule has 2 saturated heterocycles. The van der Waals surface area contributed by atoms with Crippen molar-refractivity contribution in [1.82, 2.24) is 4.90 Å². The summed E-state index contributed by atoms with van der Waals surface area (Å²) in [5, 5.41) is 0. The molecule has 18 heavy (non-hydrogen) atoms. The molecule has 0 spiro atoms. The van der Waals surface area contributed by atoms with Gasteiger partial charge in [0.15, 0.2) is 0 Å². The van der Waals surface area contributed by atoms with Gasteiger partial charge in [0.05, 0.1) is 24.7 Å². The van der Waals surface area contributed by atoms with Crippen LogP contribution in [-0.4, -0.2) is 55.4 Å². The number of hydrogen-bond acceptors (Lipinski definition) is 4. The summed E-state index contributed by atoms with van der Waals surface area (Å²) in [6.45, 7) is 4.53. The zero-order valence-corrected chi connectivity index (χ0v) is 11.1. The first kappa shape index (κ1) is 13.8. The van der Waals surface area contributed by atoms with Crippen molar-refractivity contribution in [3.63, 3.8) is 0 Å². The largest absolute Gasteiger partial charge is 0.378 e. The summed E-state index contributed by atoms with van der Waals surface area (Å²) in [6, 6.07) is 0. The van der Waals surface area contributed by atoms with E-state index in [0.717, 1.165) is 19.4 Å². The third kappa shape index (κ3) is 3.67. The Balaban J connectivity index is 1.83. The summed E-state index contributed by atoms with van der Waals surface area (Å²) in [6.07, 6.45) is 3.96. The molecule has 0 aromatic carbocycles. The Bertz CT molecular complexity index is 279. The fraction of sp³-hybridized carbons (Fsp3) is 0.923. The second kappa shape index (κ2) is 6.50.